The van der Waals surface area contributed by atoms with Crippen molar-refractivity contribution < 1.29 is 32.9 Å². The number of aliphatic hydroxyl groups excluding tert-OH is 2. The molecule has 2 aliphatic heterocycles. The van der Waals surface area contributed by atoms with Crippen LogP contribution in [0.4, 0.5) is 29.5 Å². The summed E-state index contributed by atoms with van der Waals surface area (Å²) in [7, 11) is 0. The zero-order valence-electron chi connectivity index (χ0n) is 15.1. The lowest BCUT2D eigenvalue weighted by molar-refractivity contribution is -0.0843. The lowest BCUT2D eigenvalue weighted by Crippen LogP contribution is -2.39. The van der Waals surface area contributed by atoms with Crippen LogP contribution >= 0.6 is 0 Å². The summed E-state index contributed by atoms with van der Waals surface area (Å²) >= 11 is 0. The fraction of sp³-hybridized carbons (Fsp3) is 0.368. The molecule has 2 atom stereocenters. The van der Waals surface area contributed by atoms with Gasteiger partial charge in [0.2, 0.25) is 0 Å². The van der Waals surface area contributed by atoms with Crippen LogP contribution in [0.3, 0.4) is 0 Å². The summed E-state index contributed by atoms with van der Waals surface area (Å²) in [5, 5.41) is 18.8. The van der Waals surface area contributed by atoms with Crippen molar-refractivity contribution in [1.82, 2.24) is 4.98 Å². The van der Waals surface area contributed by atoms with Gasteiger partial charge < -0.3 is 19.8 Å². The highest BCUT2D eigenvalue weighted by Crippen LogP contribution is 2.35. The molecule has 2 aliphatic rings. The van der Waals surface area contributed by atoms with Crippen LogP contribution in [0.2, 0.25) is 0 Å². The number of ether oxygens (including phenoxy) is 1. The number of aromatic nitrogens is 1. The lowest BCUT2D eigenvalue weighted by atomic mass is 10.1. The number of halogens is 3. The number of benzene rings is 1. The third-order valence-electron chi connectivity index (χ3n) is 5.05. The number of carbonyl (C=O) groups excluding carboxylic acids is 1. The van der Waals surface area contributed by atoms with Crippen molar-refractivity contribution in [3.05, 3.63) is 42.3 Å². The van der Waals surface area contributed by atoms with E-state index in [1.807, 2.05) is 0 Å². The SMILES string of the molecule is O=C1OC(CO)CN1c1ccc(-c2ccc(N3CCC(F)(F)C3O)nc2)c(F)c1. The minimum Gasteiger partial charge on any atom is -0.441 e. The number of cyclic esters (lactones) is 1. The van der Waals surface area contributed by atoms with Gasteiger partial charge in [-0.3, -0.25) is 4.90 Å². The molecule has 2 fully saturated rings. The number of nitrogens with zero attached hydrogens (tertiary/aromatic N) is 3. The average Bonchev–Trinajstić information content (AvgIpc) is 3.21. The minimum atomic E-state index is -3.20. The summed E-state index contributed by atoms with van der Waals surface area (Å²) in [5.74, 6) is -3.64. The van der Waals surface area contributed by atoms with Gasteiger partial charge in [0.15, 0.2) is 6.23 Å². The van der Waals surface area contributed by atoms with Gasteiger partial charge in [-0.2, -0.15) is 0 Å². The Morgan fingerprint density at radius 2 is 2.07 bits per heavy atom. The van der Waals surface area contributed by atoms with Crippen LogP contribution in [0.25, 0.3) is 11.1 Å². The highest BCUT2D eigenvalue weighted by atomic mass is 19.3. The van der Waals surface area contributed by atoms with Gasteiger partial charge in [-0.25, -0.2) is 22.9 Å². The van der Waals surface area contributed by atoms with Crippen LogP contribution in [0.5, 0.6) is 0 Å². The van der Waals surface area contributed by atoms with Gasteiger partial charge in [0, 0.05) is 30.3 Å². The molecule has 7 nitrogen and oxygen atoms in total. The maximum atomic E-state index is 14.7. The van der Waals surface area contributed by atoms with E-state index in [9.17, 15) is 23.1 Å². The Bertz CT molecular complexity index is 925. The summed E-state index contributed by atoms with van der Waals surface area (Å²) in [6, 6.07) is 7.15. The highest BCUT2D eigenvalue weighted by Gasteiger charge is 2.48. The van der Waals surface area contributed by atoms with E-state index in [1.54, 1.807) is 0 Å². The molecular formula is C19H18F3N3O4. The highest BCUT2D eigenvalue weighted by molar-refractivity contribution is 5.90. The van der Waals surface area contributed by atoms with Crippen molar-refractivity contribution in [1.29, 1.82) is 0 Å². The Morgan fingerprint density at radius 1 is 1.28 bits per heavy atom. The minimum absolute atomic E-state index is 0.0374. The van der Waals surface area contributed by atoms with Crippen molar-refractivity contribution in [3.8, 4) is 11.1 Å². The third-order valence-corrected chi connectivity index (χ3v) is 5.05. The largest absolute Gasteiger partial charge is 0.441 e. The van der Waals surface area contributed by atoms with Gasteiger partial charge in [0.05, 0.1) is 18.8 Å². The van der Waals surface area contributed by atoms with Gasteiger partial charge >= 0.3 is 6.09 Å². The van der Waals surface area contributed by atoms with Crippen LogP contribution in [-0.4, -0.2) is 59.2 Å². The molecule has 0 radical (unpaired) electrons. The van der Waals surface area contributed by atoms with E-state index < -0.39 is 36.6 Å². The van der Waals surface area contributed by atoms with E-state index in [2.05, 4.69) is 4.98 Å². The van der Waals surface area contributed by atoms with Gasteiger partial charge in [-0.05, 0) is 30.3 Å². The number of rotatable bonds is 4. The van der Waals surface area contributed by atoms with Crippen molar-refractivity contribution in [2.24, 2.45) is 0 Å². The normalized spacial score (nSPS) is 23.6. The first-order valence-corrected chi connectivity index (χ1v) is 8.97. The summed E-state index contributed by atoms with van der Waals surface area (Å²) < 4.78 is 46.6. The number of anilines is 2. The smallest absolute Gasteiger partial charge is 0.414 e. The Labute approximate surface area is 163 Å². The average molecular weight is 409 g/mol. The lowest BCUT2D eigenvalue weighted by Gasteiger charge is -2.23. The molecule has 154 valence electrons. The van der Waals surface area contributed by atoms with Crippen molar-refractivity contribution >= 4 is 17.6 Å². The Balaban J connectivity index is 1.54. The molecule has 2 saturated heterocycles. The summed E-state index contributed by atoms with van der Waals surface area (Å²) in [6.07, 6.45) is -2.40. The van der Waals surface area contributed by atoms with Crippen LogP contribution in [0, 0.1) is 5.82 Å². The summed E-state index contributed by atoms with van der Waals surface area (Å²) in [4.78, 5) is 18.2. The fourth-order valence-corrected chi connectivity index (χ4v) is 3.44. The summed E-state index contributed by atoms with van der Waals surface area (Å²) in [6.45, 7) is -0.240. The number of pyridine rings is 1. The van der Waals surface area contributed by atoms with Gasteiger partial charge in [-0.1, -0.05) is 0 Å². The Kier molecular flexibility index (Phi) is 4.83. The molecule has 1 amide bonds. The zero-order chi connectivity index (χ0) is 20.8. The molecule has 1 aromatic heterocycles. The van der Waals surface area contributed by atoms with Gasteiger partial charge in [0.25, 0.3) is 5.92 Å². The predicted octanol–water partition coefficient (Wildman–Crippen LogP) is 2.37. The molecule has 10 heteroatoms. The molecule has 2 N–H and O–H groups in total. The van der Waals surface area contributed by atoms with Crippen LogP contribution in [0.15, 0.2) is 36.5 Å². The van der Waals surface area contributed by atoms with E-state index in [1.165, 1.54) is 41.4 Å². The van der Waals surface area contributed by atoms with E-state index in [-0.39, 0.29) is 31.1 Å². The van der Waals surface area contributed by atoms with Crippen molar-refractivity contribution in [3.63, 3.8) is 0 Å². The van der Waals surface area contributed by atoms with E-state index in [4.69, 9.17) is 9.84 Å². The fourth-order valence-electron chi connectivity index (χ4n) is 3.44. The maximum Gasteiger partial charge on any atom is 0.414 e. The Hall–Kier alpha value is -2.85. The molecule has 2 unspecified atom stereocenters. The summed E-state index contributed by atoms with van der Waals surface area (Å²) in [5.41, 5.74) is 0.918. The second-order valence-electron chi connectivity index (χ2n) is 6.95. The molecule has 3 heterocycles. The van der Waals surface area contributed by atoms with Crippen molar-refractivity contribution in [2.45, 2.75) is 24.7 Å². The topological polar surface area (TPSA) is 86.1 Å². The number of amides is 1. The monoisotopic (exact) mass is 409 g/mol. The second kappa shape index (κ2) is 7.20. The standard InChI is InChI=1S/C19H18F3N3O4/c20-15-7-12(25-9-13(10-26)29-18(25)28)2-3-14(15)11-1-4-16(23-8-11)24-6-5-19(21,22)17(24)27/h1-4,7-8,13,17,26-27H,5-6,9-10H2. The first-order valence-electron chi connectivity index (χ1n) is 8.97. The van der Waals surface area contributed by atoms with Gasteiger partial charge in [0.1, 0.15) is 17.7 Å². The first-order chi connectivity index (χ1) is 13.8. The molecule has 0 aliphatic carbocycles. The third kappa shape index (κ3) is 3.49. The zero-order valence-corrected chi connectivity index (χ0v) is 15.1. The molecule has 1 aromatic carbocycles. The maximum absolute atomic E-state index is 14.7. The Morgan fingerprint density at radius 3 is 2.62 bits per heavy atom. The molecule has 0 saturated carbocycles. The van der Waals surface area contributed by atoms with Gasteiger partial charge in [-0.15, -0.1) is 0 Å². The molecular weight excluding hydrogens is 391 g/mol. The van der Waals surface area contributed by atoms with E-state index in [0.717, 1.165) is 4.90 Å². The van der Waals surface area contributed by atoms with Crippen LogP contribution in [-0.2, 0) is 4.74 Å². The first kappa shape index (κ1) is 19.5. The molecule has 0 spiro atoms. The van der Waals surface area contributed by atoms with Crippen LogP contribution < -0.4 is 9.80 Å². The van der Waals surface area contributed by atoms with E-state index in [0.29, 0.717) is 11.3 Å². The van der Waals surface area contributed by atoms with Crippen molar-refractivity contribution in [2.75, 3.05) is 29.5 Å². The number of carbonyl (C=O) groups is 1. The molecule has 0 bridgehead atoms. The molecule has 2 aromatic rings. The number of hydrogen-bond acceptors (Lipinski definition) is 6. The number of alkyl halides is 2. The number of aliphatic hydroxyl groups is 2. The molecule has 4 rings (SSSR count). The number of hydrogen-bond donors (Lipinski definition) is 2. The predicted molar refractivity (Wildman–Crippen MR) is 97.2 cm³/mol. The van der Waals surface area contributed by atoms with Crippen LogP contribution in [0.1, 0.15) is 6.42 Å². The second-order valence-corrected chi connectivity index (χ2v) is 6.95. The molecule has 29 heavy (non-hydrogen) atoms. The van der Waals surface area contributed by atoms with E-state index >= 15 is 0 Å². The quantitative estimate of drug-likeness (QED) is 0.807.